The zero-order chi connectivity index (χ0) is 19.2. The first-order valence-corrected chi connectivity index (χ1v) is 8.58. The second-order valence-corrected chi connectivity index (χ2v) is 6.27. The lowest BCUT2D eigenvalue weighted by Gasteiger charge is -2.14. The summed E-state index contributed by atoms with van der Waals surface area (Å²) < 4.78 is 45.1. The minimum atomic E-state index is -4.80. The molecule has 4 aromatic rings. The van der Waals surface area contributed by atoms with E-state index in [0.29, 0.717) is 23.1 Å². The molecule has 140 valence electrons. The number of rotatable bonds is 4. The average molecular weight is 375 g/mol. The van der Waals surface area contributed by atoms with Gasteiger partial charge in [0, 0.05) is 12.6 Å². The highest BCUT2D eigenvalue weighted by Crippen LogP contribution is 2.28. The maximum absolute atomic E-state index is 13.0. The molecule has 0 bridgehead atoms. The van der Waals surface area contributed by atoms with Crippen LogP contribution in [0.3, 0.4) is 0 Å². The van der Waals surface area contributed by atoms with E-state index in [-0.39, 0.29) is 17.0 Å². The van der Waals surface area contributed by atoms with Gasteiger partial charge in [0.1, 0.15) is 5.75 Å². The molecule has 0 saturated heterocycles. The standard InChI is InChI=1S/C19H16F3N3O2/c1-2-3-10-24-16-11-12(27-19(20,21)22)8-9-15(16)25-14-7-5-4-6-13(14)23-17(25)18(24)26/h4-9,11H,2-3,10H2,1H3. The number of para-hydroxylation sites is 2. The third-order valence-corrected chi connectivity index (χ3v) is 4.44. The molecule has 0 amide bonds. The molecule has 0 spiro atoms. The Bertz CT molecular complexity index is 1210. The highest BCUT2D eigenvalue weighted by molar-refractivity contribution is 5.89. The van der Waals surface area contributed by atoms with Crippen LogP contribution in [-0.4, -0.2) is 20.3 Å². The summed E-state index contributed by atoms with van der Waals surface area (Å²) in [5, 5.41) is 0. The molecule has 2 aromatic carbocycles. The van der Waals surface area contributed by atoms with Crippen LogP contribution in [0.2, 0.25) is 0 Å². The van der Waals surface area contributed by atoms with Crippen molar-refractivity contribution in [2.75, 3.05) is 0 Å². The van der Waals surface area contributed by atoms with E-state index in [1.807, 2.05) is 25.1 Å². The minimum absolute atomic E-state index is 0.254. The van der Waals surface area contributed by atoms with Crippen molar-refractivity contribution >= 4 is 27.7 Å². The van der Waals surface area contributed by atoms with Crippen molar-refractivity contribution in [2.45, 2.75) is 32.7 Å². The molecule has 2 aromatic heterocycles. The summed E-state index contributed by atoms with van der Waals surface area (Å²) in [7, 11) is 0. The van der Waals surface area contributed by atoms with Gasteiger partial charge in [-0.2, -0.15) is 0 Å². The second-order valence-electron chi connectivity index (χ2n) is 6.27. The van der Waals surface area contributed by atoms with Crippen LogP contribution in [-0.2, 0) is 6.54 Å². The summed E-state index contributed by atoms with van der Waals surface area (Å²) in [5.74, 6) is -0.358. The number of fused-ring (bicyclic) bond motifs is 5. The maximum atomic E-state index is 13.0. The van der Waals surface area contributed by atoms with Gasteiger partial charge in [-0.05, 0) is 30.7 Å². The molecule has 0 saturated carbocycles. The van der Waals surface area contributed by atoms with Gasteiger partial charge in [-0.1, -0.05) is 25.5 Å². The number of aryl methyl sites for hydroxylation is 1. The van der Waals surface area contributed by atoms with Crippen LogP contribution in [0, 0.1) is 0 Å². The number of ether oxygens (including phenoxy) is 1. The Balaban J connectivity index is 2.09. The normalized spacial score (nSPS) is 12.3. The largest absolute Gasteiger partial charge is 0.573 e. The Hall–Kier alpha value is -3.03. The average Bonchev–Trinajstić information content (AvgIpc) is 3.00. The number of imidazole rings is 1. The van der Waals surface area contributed by atoms with E-state index in [1.54, 1.807) is 10.5 Å². The summed E-state index contributed by atoms with van der Waals surface area (Å²) in [6.07, 6.45) is -3.24. The molecule has 27 heavy (non-hydrogen) atoms. The lowest BCUT2D eigenvalue weighted by molar-refractivity contribution is -0.274. The fraction of sp³-hybridized carbons (Fsp3) is 0.263. The Morgan fingerprint density at radius 2 is 1.85 bits per heavy atom. The van der Waals surface area contributed by atoms with Gasteiger partial charge in [0.15, 0.2) is 0 Å². The Labute approximate surface area is 151 Å². The fourth-order valence-corrected chi connectivity index (χ4v) is 3.29. The zero-order valence-electron chi connectivity index (χ0n) is 14.5. The Morgan fingerprint density at radius 3 is 2.59 bits per heavy atom. The van der Waals surface area contributed by atoms with Crippen molar-refractivity contribution in [2.24, 2.45) is 0 Å². The number of alkyl halides is 3. The third-order valence-electron chi connectivity index (χ3n) is 4.44. The van der Waals surface area contributed by atoms with Gasteiger partial charge in [0.2, 0.25) is 5.65 Å². The summed E-state index contributed by atoms with van der Waals surface area (Å²) in [5.41, 5.74) is 2.27. The molecule has 0 atom stereocenters. The quantitative estimate of drug-likeness (QED) is 0.528. The highest BCUT2D eigenvalue weighted by Gasteiger charge is 2.31. The molecule has 0 unspecified atom stereocenters. The highest BCUT2D eigenvalue weighted by atomic mass is 19.4. The molecule has 0 aliphatic heterocycles. The SMILES string of the molecule is CCCCn1c(=O)c2nc3ccccc3n2c2ccc(OC(F)(F)F)cc21. The van der Waals surface area contributed by atoms with Gasteiger partial charge in [-0.3, -0.25) is 9.20 Å². The topological polar surface area (TPSA) is 48.5 Å². The number of unbranched alkanes of at least 4 members (excludes halogenated alkanes) is 1. The molecule has 5 nitrogen and oxygen atoms in total. The summed E-state index contributed by atoms with van der Waals surface area (Å²) in [6.45, 7) is 2.37. The molecule has 2 heterocycles. The van der Waals surface area contributed by atoms with Gasteiger partial charge >= 0.3 is 6.36 Å². The monoisotopic (exact) mass is 375 g/mol. The molecule has 0 aliphatic rings. The van der Waals surface area contributed by atoms with Gasteiger partial charge in [-0.25, -0.2) is 4.98 Å². The van der Waals surface area contributed by atoms with E-state index >= 15 is 0 Å². The van der Waals surface area contributed by atoms with Crippen LogP contribution in [0.15, 0.2) is 47.3 Å². The molecular weight excluding hydrogens is 359 g/mol. The molecule has 0 N–H and O–H groups in total. The Morgan fingerprint density at radius 1 is 1.07 bits per heavy atom. The smallest absolute Gasteiger partial charge is 0.406 e. The van der Waals surface area contributed by atoms with Crippen LogP contribution in [0.1, 0.15) is 19.8 Å². The van der Waals surface area contributed by atoms with Crippen LogP contribution >= 0.6 is 0 Å². The van der Waals surface area contributed by atoms with E-state index in [4.69, 9.17) is 0 Å². The number of aromatic nitrogens is 3. The van der Waals surface area contributed by atoms with Crippen molar-refractivity contribution < 1.29 is 17.9 Å². The van der Waals surface area contributed by atoms with Crippen molar-refractivity contribution in [3.63, 3.8) is 0 Å². The fourth-order valence-electron chi connectivity index (χ4n) is 3.29. The predicted octanol–water partition coefficient (Wildman–Crippen LogP) is 4.50. The van der Waals surface area contributed by atoms with Crippen molar-refractivity contribution in [1.82, 2.24) is 14.0 Å². The molecule has 0 radical (unpaired) electrons. The van der Waals surface area contributed by atoms with Gasteiger partial charge in [-0.15, -0.1) is 13.2 Å². The summed E-state index contributed by atoms with van der Waals surface area (Å²) in [4.78, 5) is 17.5. The van der Waals surface area contributed by atoms with Crippen LogP contribution in [0.5, 0.6) is 5.75 Å². The molecular formula is C19H16F3N3O2. The summed E-state index contributed by atoms with van der Waals surface area (Å²) >= 11 is 0. The van der Waals surface area contributed by atoms with Crippen LogP contribution in [0.25, 0.3) is 27.7 Å². The number of hydrogen-bond donors (Lipinski definition) is 0. The van der Waals surface area contributed by atoms with E-state index in [1.165, 1.54) is 22.8 Å². The third kappa shape index (κ3) is 3.01. The summed E-state index contributed by atoms with van der Waals surface area (Å²) in [6, 6.07) is 11.3. The first-order valence-electron chi connectivity index (χ1n) is 8.58. The van der Waals surface area contributed by atoms with Crippen molar-refractivity contribution in [1.29, 1.82) is 0 Å². The molecule has 8 heteroatoms. The Kier molecular flexibility index (Phi) is 4.05. The zero-order valence-corrected chi connectivity index (χ0v) is 14.5. The van der Waals surface area contributed by atoms with Crippen molar-refractivity contribution in [3.05, 3.63) is 52.8 Å². The lowest BCUT2D eigenvalue weighted by atomic mass is 10.2. The van der Waals surface area contributed by atoms with E-state index in [2.05, 4.69) is 9.72 Å². The number of nitrogens with zero attached hydrogens (tertiary/aromatic N) is 3. The van der Waals surface area contributed by atoms with Gasteiger partial charge < -0.3 is 9.30 Å². The van der Waals surface area contributed by atoms with Gasteiger partial charge in [0.25, 0.3) is 5.56 Å². The van der Waals surface area contributed by atoms with Gasteiger partial charge in [0.05, 0.1) is 22.1 Å². The maximum Gasteiger partial charge on any atom is 0.573 e. The molecule has 0 fully saturated rings. The lowest BCUT2D eigenvalue weighted by Crippen LogP contribution is -2.24. The predicted molar refractivity (Wildman–Crippen MR) is 96.1 cm³/mol. The first kappa shape index (κ1) is 17.4. The number of benzene rings is 2. The second kappa shape index (κ2) is 6.29. The molecule has 0 aliphatic carbocycles. The van der Waals surface area contributed by atoms with Crippen LogP contribution in [0.4, 0.5) is 13.2 Å². The van der Waals surface area contributed by atoms with E-state index in [0.717, 1.165) is 18.4 Å². The number of halogens is 3. The van der Waals surface area contributed by atoms with Crippen molar-refractivity contribution in [3.8, 4) is 5.75 Å². The first-order chi connectivity index (χ1) is 12.9. The number of hydrogen-bond acceptors (Lipinski definition) is 3. The molecule has 4 rings (SSSR count). The van der Waals surface area contributed by atoms with E-state index < -0.39 is 6.36 Å². The minimum Gasteiger partial charge on any atom is -0.406 e. The van der Waals surface area contributed by atoms with Crippen LogP contribution < -0.4 is 10.3 Å². The van der Waals surface area contributed by atoms with E-state index in [9.17, 15) is 18.0 Å².